The zero-order chi connectivity index (χ0) is 14.9. The molecule has 20 heavy (non-hydrogen) atoms. The van der Waals surface area contributed by atoms with E-state index >= 15 is 0 Å². The predicted molar refractivity (Wildman–Crippen MR) is 78.6 cm³/mol. The quantitative estimate of drug-likeness (QED) is 0.920. The standard InChI is InChI=1S/C16H26N2O2/c1-5-18-14(8-9-17-18)13-10-11(16(2,3)4)6-7-12(13)15(19)20/h8-9,11-13H,5-7,10H2,1-4H3,(H,19,20). The van der Waals surface area contributed by atoms with Crippen LogP contribution < -0.4 is 0 Å². The highest BCUT2D eigenvalue weighted by atomic mass is 16.4. The fourth-order valence-electron chi connectivity index (χ4n) is 3.50. The largest absolute Gasteiger partial charge is 0.481 e. The van der Waals surface area contributed by atoms with Crippen LogP contribution in [0.5, 0.6) is 0 Å². The van der Waals surface area contributed by atoms with Gasteiger partial charge in [-0.25, -0.2) is 0 Å². The Hall–Kier alpha value is -1.32. The maximum Gasteiger partial charge on any atom is 0.307 e. The van der Waals surface area contributed by atoms with Crippen molar-refractivity contribution in [1.82, 2.24) is 9.78 Å². The summed E-state index contributed by atoms with van der Waals surface area (Å²) in [6.45, 7) is 9.62. The summed E-state index contributed by atoms with van der Waals surface area (Å²) in [5.74, 6) is -0.266. The Morgan fingerprint density at radius 3 is 2.70 bits per heavy atom. The smallest absolute Gasteiger partial charge is 0.307 e. The molecule has 1 saturated carbocycles. The van der Waals surface area contributed by atoms with Crippen LogP contribution in [0.4, 0.5) is 0 Å². The maximum absolute atomic E-state index is 11.6. The molecule has 3 atom stereocenters. The van der Waals surface area contributed by atoms with Crippen molar-refractivity contribution in [2.75, 3.05) is 0 Å². The van der Waals surface area contributed by atoms with E-state index in [1.165, 1.54) is 0 Å². The lowest BCUT2D eigenvalue weighted by Gasteiger charge is -2.40. The summed E-state index contributed by atoms with van der Waals surface area (Å²) in [7, 11) is 0. The third-order valence-corrected chi connectivity index (χ3v) is 4.82. The van der Waals surface area contributed by atoms with Crippen molar-refractivity contribution >= 4 is 5.97 Å². The van der Waals surface area contributed by atoms with Crippen LogP contribution in [-0.4, -0.2) is 20.9 Å². The third kappa shape index (κ3) is 2.89. The zero-order valence-electron chi connectivity index (χ0n) is 13.0. The van der Waals surface area contributed by atoms with Gasteiger partial charge in [-0.2, -0.15) is 5.10 Å². The van der Waals surface area contributed by atoms with E-state index in [0.717, 1.165) is 31.5 Å². The molecule has 4 nitrogen and oxygen atoms in total. The van der Waals surface area contributed by atoms with Gasteiger partial charge in [0, 0.05) is 24.4 Å². The normalized spacial score (nSPS) is 27.5. The van der Waals surface area contributed by atoms with Gasteiger partial charge in [-0.05, 0) is 43.6 Å². The van der Waals surface area contributed by atoms with Gasteiger partial charge >= 0.3 is 5.97 Å². The van der Waals surface area contributed by atoms with Crippen LogP contribution in [0.2, 0.25) is 0 Å². The van der Waals surface area contributed by atoms with Gasteiger partial charge in [0.15, 0.2) is 0 Å². The second kappa shape index (κ2) is 5.58. The molecule has 1 fully saturated rings. The highest BCUT2D eigenvalue weighted by molar-refractivity contribution is 5.71. The molecule has 0 radical (unpaired) electrons. The summed E-state index contributed by atoms with van der Waals surface area (Å²) < 4.78 is 1.95. The molecule has 1 aliphatic rings. The molecule has 0 aliphatic heterocycles. The molecule has 1 aromatic rings. The summed E-state index contributed by atoms with van der Waals surface area (Å²) in [5, 5.41) is 13.8. The van der Waals surface area contributed by atoms with Crippen LogP contribution in [0.15, 0.2) is 12.3 Å². The Balaban J connectivity index is 2.30. The summed E-state index contributed by atoms with van der Waals surface area (Å²) in [6, 6.07) is 2.00. The molecule has 4 heteroatoms. The summed E-state index contributed by atoms with van der Waals surface area (Å²) in [4.78, 5) is 11.6. The first-order chi connectivity index (χ1) is 9.34. The fraction of sp³-hybridized carbons (Fsp3) is 0.750. The maximum atomic E-state index is 11.6. The first kappa shape index (κ1) is 15.1. The van der Waals surface area contributed by atoms with E-state index in [1.807, 2.05) is 10.7 Å². The van der Waals surface area contributed by atoms with Gasteiger partial charge in [-0.1, -0.05) is 20.8 Å². The second-order valence-corrected chi connectivity index (χ2v) is 7.00. The number of carbonyl (C=O) groups is 1. The van der Waals surface area contributed by atoms with Crippen molar-refractivity contribution in [3.8, 4) is 0 Å². The van der Waals surface area contributed by atoms with E-state index in [4.69, 9.17) is 0 Å². The van der Waals surface area contributed by atoms with Gasteiger partial charge in [0.1, 0.15) is 0 Å². The predicted octanol–water partition coefficient (Wildman–Crippen LogP) is 3.53. The van der Waals surface area contributed by atoms with Crippen LogP contribution in [0.1, 0.15) is 58.6 Å². The lowest BCUT2D eigenvalue weighted by atomic mass is 9.65. The molecule has 1 aromatic heterocycles. The average Bonchev–Trinajstić information content (AvgIpc) is 2.84. The van der Waals surface area contributed by atoms with E-state index in [9.17, 15) is 9.90 Å². The van der Waals surface area contributed by atoms with E-state index in [2.05, 4.69) is 32.8 Å². The Labute approximate surface area is 121 Å². The van der Waals surface area contributed by atoms with Crippen LogP contribution in [0.25, 0.3) is 0 Å². The van der Waals surface area contributed by atoms with Crippen molar-refractivity contribution in [2.24, 2.45) is 17.3 Å². The van der Waals surface area contributed by atoms with Crippen molar-refractivity contribution in [2.45, 2.75) is 59.4 Å². The van der Waals surface area contributed by atoms with E-state index in [0.29, 0.717) is 5.92 Å². The molecule has 0 aromatic carbocycles. The van der Waals surface area contributed by atoms with Gasteiger partial charge in [-0.15, -0.1) is 0 Å². The molecule has 1 N–H and O–H groups in total. The molecule has 2 rings (SSSR count). The minimum Gasteiger partial charge on any atom is -0.481 e. The number of aryl methyl sites for hydroxylation is 1. The monoisotopic (exact) mass is 278 g/mol. The van der Waals surface area contributed by atoms with Crippen LogP contribution in [0.3, 0.4) is 0 Å². The topological polar surface area (TPSA) is 55.1 Å². The third-order valence-electron chi connectivity index (χ3n) is 4.82. The van der Waals surface area contributed by atoms with Crippen molar-refractivity contribution < 1.29 is 9.90 Å². The van der Waals surface area contributed by atoms with Crippen LogP contribution in [-0.2, 0) is 11.3 Å². The number of carboxylic acid groups (broad SMARTS) is 1. The molecule has 1 aliphatic carbocycles. The zero-order valence-corrected chi connectivity index (χ0v) is 13.0. The van der Waals surface area contributed by atoms with Crippen molar-refractivity contribution in [3.63, 3.8) is 0 Å². The lowest BCUT2D eigenvalue weighted by molar-refractivity contribution is -0.144. The molecule has 0 saturated heterocycles. The minimum atomic E-state index is -0.661. The van der Waals surface area contributed by atoms with Gasteiger partial charge in [-0.3, -0.25) is 9.48 Å². The van der Waals surface area contributed by atoms with Gasteiger partial charge in [0.25, 0.3) is 0 Å². The Morgan fingerprint density at radius 1 is 1.45 bits per heavy atom. The minimum absolute atomic E-state index is 0.0907. The lowest BCUT2D eigenvalue weighted by Crippen LogP contribution is -2.35. The highest BCUT2D eigenvalue weighted by Crippen LogP contribution is 2.46. The summed E-state index contributed by atoms with van der Waals surface area (Å²) >= 11 is 0. The number of hydrogen-bond donors (Lipinski definition) is 1. The van der Waals surface area contributed by atoms with Gasteiger partial charge < -0.3 is 5.11 Å². The molecule has 1 heterocycles. The molecule has 0 bridgehead atoms. The Bertz CT molecular complexity index is 473. The molecule has 0 amide bonds. The second-order valence-electron chi connectivity index (χ2n) is 7.00. The number of carboxylic acids is 1. The Kier molecular flexibility index (Phi) is 4.21. The van der Waals surface area contributed by atoms with E-state index < -0.39 is 5.97 Å². The SMILES string of the molecule is CCn1nccc1C1CC(C(C)(C)C)CCC1C(=O)O. The van der Waals surface area contributed by atoms with Gasteiger partial charge in [0.2, 0.25) is 0 Å². The summed E-state index contributed by atoms with van der Waals surface area (Å²) in [6.07, 6.45) is 4.53. The number of nitrogens with zero attached hydrogens (tertiary/aromatic N) is 2. The molecule has 3 unspecified atom stereocenters. The van der Waals surface area contributed by atoms with Crippen molar-refractivity contribution in [1.29, 1.82) is 0 Å². The fourth-order valence-corrected chi connectivity index (χ4v) is 3.50. The summed E-state index contributed by atoms with van der Waals surface area (Å²) in [5.41, 5.74) is 1.33. The van der Waals surface area contributed by atoms with Crippen LogP contribution >= 0.6 is 0 Å². The number of rotatable bonds is 3. The first-order valence-electron chi connectivity index (χ1n) is 7.59. The van der Waals surface area contributed by atoms with Gasteiger partial charge in [0.05, 0.1) is 5.92 Å². The van der Waals surface area contributed by atoms with Crippen LogP contribution in [0, 0.1) is 17.3 Å². The average molecular weight is 278 g/mol. The van der Waals surface area contributed by atoms with E-state index in [-0.39, 0.29) is 17.3 Å². The molecule has 0 spiro atoms. The van der Waals surface area contributed by atoms with E-state index in [1.54, 1.807) is 6.20 Å². The highest BCUT2D eigenvalue weighted by Gasteiger charge is 2.40. The molecular formula is C16H26N2O2. The number of aromatic nitrogens is 2. The number of hydrogen-bond acceptors (Lipinski definition) is 2. The Morgan fingerprint density at radius 2 is 2.15 bits per heavy atom. The molecule has 112 valence electrons. The number of aliphatic carboxylic acids is 1. The molecular weight excluding hydrogens is 252 g/mol. The first-order valence-corrected chi connectivity index (χ1v) is 7.59. The van der Waals surface area contributed by atoms with Crippen molar-refractivity contribution in [3.05, 3.63) is 18.0 Å².